The van der Waals surface area contributed by atoms with Crippen LogP contribution >= 0.6 is 0 Å². The molecule has 6 heteroatoms. The lowest BCUT2D eigenvalue weighted by atomic mass is 10.0. The standard InChI is InChI=1S/C7H11F2NO3/c1-3(7(12)13)4(2)10-6(11)5(8)9/h3-5H,1-2H3,(H,10,11)(H,12,13). The van der Waals surface area contributed by atoms with Gasteiger partial charge in [-0.25, -0.2) is 0 Å². The maximum Gasteiger partial charge on any atom is 0.315 e. The number of hydrogen-bond donors (Lipinski definition) is 2. The van der Waals surface area contributed by atoms with E-state index in [2.05, 4.69) is 0 Å². The minimum atomic E-state index is -3.11. The number of carboxylic acid groups (broad SMARTS) is 1. The van der Waals surface area contributed by atoms with Gasteiger partial charge in [0.2, 0.25) is 0 Å². The normalized spacial score (nSPS) is 15.2. The van der Waals surface area contributed by atoms with E-state index in [1.54, 1.807) is 0 Å². The number of alkyl halides is 2. The zero-order chi connectivity index (χ0) is 10.6. The Kier molecular flexibility index (Phi) is 4.30. The lowest BCUT2D eigenvalue weighted by Crippen LogP contribution is -2.42. The van der Waals surface area contributed by atoms with Gasteiger partial charge in [0, 0.05) is 6.04 Å². The maximum absolute atomic E-state index is 11.7. The van der Waals surface area contributed by atoms with Crippen LogP contribution < -0.4 is 5.32 Å². The number of halogens is 2. The summed E-state index contributed by atoms with van der Waals surface area (Å²) in [7, 11) is 0. The van der Waals surface area contributed by atoms with Crippen LogP contribution in [-0.2, 0) is 9.59 Å². The van der Waals surface area contributed by atoms with Gasteiger partial charge in [0.25, 0.3) is 5.91 Å². The van der Waals surface area contributed by atoms with E-state index in [0.717, 1.165) is 0 Å². The van der Waals surface area contributed by atoms with E-state index in [-0.39, 0.29) is 0 Å². The fourth-order valence-corrected chi connectivity index (χ4v) is 0.626. The van der Waals surface area contributed by atoms with Gasteiger partial charge in [-0.3, -0.25) is 9.59 Å². The summed E-state index contributed by atoms with van der Waals surface area (Å²) in [6.07, 6.45) is -3.11. The first-order chi connectivity index (χ1) is 5.86. The fourth-order valence-electron chi connectivity index (χ4n) is 0.626. The highest BCUT2D eigenvalue weighted by Crippen LogP contribution is 2.03. The van der Waals surface area contributed by atoms with Crippen LogP contribution in [0.25, 0.3) is 0 Å². The van der Waals surface area contributed by atoms with E-state index in [1.165, 1.54) is 13.8 Å². The Morgan fingerprint density at radius 3 is 2.08 bits per heavy atom. The summed E-state index contributed by atoms with van der Waals surface area (Å²) in [4.78, 5) is 20.8. The number of carbonyl (C=O) groups excluding carboxylic acids is 1. The lowest BCUT2D eigenvalue weighted by molar-refractivity contribution is -0.142. The fraction of sp³-hybridized carbons (Fsp3) is 0.714. The van der Waals surface area contributed by atoms with Crippen molar-refractivity contribution in [2.45, 2.75) is 26.3 Å². The third kappa shape index (κ3) is 3.82. The molecule has 0 aliphatic carbocycles. The molecule has 0 heterocycles. The molecule has 0 radical (unpaired) electrons. The first-order valence-corrected chi connectivity index (χ1v) is 3.67. The van der Waals surface area contributed by atoms with Crippen molar-refractivity contribution >= 4 is 11.9 Å². The van der Waals surface area contributed by atoms with Crippen molar-refractivity contribution in [2.24, 2.45) is 5.92 Å². The minimum absolute atomic E-state index is 0.806. The van der Waals surface area contributed by atoms with Crippen LogP contribution in [0.2, 0.25) is 0 Å². The maximum atomic E-state index is 11.7. The molecule has 0 aliphatic heterocycles. The molecule has 0 aliphatic rings. The van der Waals surface area contributed by atoms with Crippen molar-refractivity contribution in [2.75, 3.05) is 0 Å². The van der Waals surface area contributed by atoms with Crippen LogP contribution in [0.4, 0.5) is 8.78 Å². The number of rotatable bonds is 4. The van der Waals surface area contributed by atoms with Crippen LogP contribution in [0.3, 0.4) is 0 Å². The molecule has 4 nitrogen and oxygen atoms in total. The monoisotopic (exact) mass is 195 g/mol. The number of nitrogens with one attached hydrogen (secondary N) is 1. The van der Waals surface area contributed by atoms with E-state index in [4.69, 9.17) is 5.11 Å². The molecule has 2 unspecified atom stereocenters. The largest absolute Gasteiger partial charge is 0.481 e. The first kappa shape index (κ1) is 11.8. The van der Waals surface area contributed by atoms with E-state index in [0.29, 0.717) is 0 Å². The third-order valence-corrected chi connectivity index (χ3v) is 1.71. The van der Waals surface area contributed by atoms with Gasteiger partial charge in [0.1, 0.15) is 0 Å². The zero-order valence-electron chi connectivity index (χ0n) is 7.25. The quantitative estimate of drug-likeness (QED) is 0.685. The highest BCUT2D eigenvalue weighted by molar-refractivity contribution is 5.80. The van der Waals surface area contributed by atoms with E-state index in [1.807, 2.05) is 5.32 Å². The zero-order valence-corrected chi connectivity index (χ0v) is 7.25. The molecular weight excluding hydrogens is 184 g/mol. The second-order valence-electron chi connectivity index (χ2n) is 2.72. The molecule has 76 valence electrons. The van der Waals surface area contributed by atoms with Crippen molar-refractivity contribution in [1.29, 1.82) is 0 Å². The van der Waals surface area contributed by atoms with Crippen LogP contribution in [0.1, 0.15) is 13.8 Å². The van der Waals surface area contributed by atoms with Gasteiger partial charge in [0.05, 0.1) is 5.92 Å². The van der Waals surface area contributed by atoms with E-state index in [9.17, 15) is 18.4 Å². The Morgan fingerprint density at radius 2 is 1.77 bits per heavy atom. The number of aliphatic carboxylic acids is 1. The predicted molar refractivity (Wildman–Crippen MR) is 40.4 cm³/mol. The molecule has 0 fully saturated rings. The Balaban J connectivity index is 4.07. The number of carbonyl (C=O) groups is 2. The molecule has 1 amide bonds. The van der Waals surface area contributed by atoms with Crippen molar-refractivity contribution in [3.8, 4) is 0 Å². The van der Waals surface area contributed by atoms with Crippen LogP contribution in [-0.4, -0.2) is 29.5 Å². The molecule has 13 heavy (non-hydrogen) atoms. The Bertz CT molecular complexity index is 208. The molecule has 0 aromatic heterocycles. The molecule has 2 atom stereocenters. The van der Waals surface area contributed by atoms with Crippen molar-refractivity contribution in [3.63, 3.8) is 0 Å². The molecule has 0 bridgehead atoms. The average Bonchev–Trinajstić information content (AvgIpc) is 2.02. The van der Waals surface area contributed by atoms with Crippen LogP contribution in [0.5, 0.6) is 0 Å². The molecule has 2 N–H and O–H groups in total. The van der Waals surface area contributed by atoms with Crippen molar-refractivity contribution in [3.05, 3.63) is 0 Å². The Hall–Kier alpha value is -1.20. The molecule has 0 saturated heterocycles. The van der Waals surface area contributed by atoms with Crippen molar-refractivity contribution in [1.82, 2.24) is 5.32 Å². The topological polar surface area (TPSA) is 66.4 Å². The van der Waals surface area contributed by atoms with Crippen molar-refractivity contribution < 1.29 is 23.5 Å². The Morgan fingerprint density at radius 1 is 1.31 bits per heavy atom. The summed E-state index contributed by atoms with van der Waals surface area (Å²) in [6, 6.07) is -0.806. The number of hydrogen-bond acceptors (Lipinski definition) is 2. The summed E-state index contributed by atoms with van der Waals surface area (Å²) in [5, 5.41) is 10.4. The Labute approximate surface area is 73.9 Å². The van der Waals surface area contributed by atoms with Crippen LogP contribution in [0.15, 0.2) is 0 Å². The first-order valence-electron chi connectivity index (χ1n) is 3.67. The van der Waals surface area contributed by atoms with Gasteiger partial charge in [0.15, 0.2) is 0 Å². The third-order valence-electron chi connectivity index (χ3n) is 1.71. The highest BCUT2D eigenvalue weighted by atomic mass is 19.3. The lowest BCUT2D eigenvalue weighted by Gasteiger charge is -2.17. The SMILES string of the molecule is CC(NC(=O)C(F)F)C(C)C(=O)O. The van der Waals surface area contributed by atoms with Crippen LogP contribution in [0, 0.1) is 5.92 Å². The second-order valence-corrected chi connectivity index (χ2v) is 2.72. The molecular formula is C7H11F2NO3. The summed E-state index contributed by atoms with van der Waals surface area (Å²) in [5.74, 6) is -3.47. The summed E-state index contributed by atoms with van der Waals surface area (Å²) in [5.41, 5.74) is 0. The van der Waals surface area contributed by atoms with Gasteiger partial charge in [-0.2, -0.15) is 8.78 Å². The van der Waals surface area contributed by atoms with E-state index < -0.39 is 30.3 Å². The molecule has 0 aromatic carbocycles. The number of amides is 1. The van der Waals surface area contributed by atoms with Gasteiger partial charge >= 0.3 is 12.4 Å². The van der Waals surface area contributed by atoms with Gasteiger partial charge in [-0.15, -0.1) is 0 Å². The second kappa shape index (κ2) is 4.74. The average molecular weight is 195 g/mol. The van der Waals surface area contributed by atoms with Gasteiger partial charge < -0.3 is 10.4 Å². The van der Waals surface area contributed by atoms with E-state index >= 15 is 0 Å². The summed E-state index contributed by atoms with van der Waals surface area (Å²) < 4.78 is 23.4. The molecule has 0 saturated carbocycles. The highest BCUT2D eigenvalue weighted by Gasteiger charge is 2.24. The summed E-state index contributed by atoms with van der Waals surface area (Å²) in [6.45, 7) is 2.69. The molecule has 0 aromatic rings. The predicted octanol–water partition coefficient (Wildman–Crippen LogP) is 0.477. The molecule has 0 spiro atoms. The molecule has 0 rings (SSSR count). The smallest absolute Gasteiger partial charge is 0.315 e. The van der Waals surface area contributed by atoms with Gasteiger partial charge in [-0.05, 0) is 13.8 Å². The minimum Gasteiger partial charge on any atom is -0.481 e. The summed E-state index contributed by atoms with van der Waals surface area (Å²) >= 11 is 0. The number of carboxylic acids is 1. The van der Waals surface area contributed by atoms with Gasteiger partial charge in [-0.1, -0.05) is 0 Å².